The van der Waals surface area contributed by atoms with Gasteiger partial charge in [0.15, 0.2) is 0 Å². The van der Waals surface area contributed by atoms with Crippen LogP contribution >= 0.6 is 24.2 Å². The van der Waals surface area contributed by atoms with Crippen LogP contribution < -0.4 is 10.1 Å². The van der Waals surface area contributed by atoms with E-state index in [0.717, 1.165) is 0 Å². The first-order valence-electron chi connectivity index (χ1n) is 3.47. The first-order chi connectivity index (χ1) is 6.13. The largest absolute Gasteiger partial charge is 0.495 e. The van der Waals surface area contributed by atoms with Gasteiger partial charge in [-0.25, -0.2) is 0 Å². The number of rotatable bonds is 2. The molecule has 0 atom stereocenters. The highest BCUT2D eigenvalue weighted by Crippen LogP contribution is 2.27. The van der Waals surface area contributed by atoms with Crippen molar-refractivity contribution in [2.24, 2.45) is 0 Å². The Hall–Kier alpha value is -0.870. The third kappa shape index (κ3) is 2.82. The Balaban J connectivity index is 3.01. The molecular weight excluding hydrogens is 210 g/mol. The minimum atomic E-state index is -0.458. The molecule has 0 fully saturated rings. The SMILES string of the molecule is COc1ccc(Cl)cc1NC(=O)S. The van der Waals surface area contributed by atoms with Gasteiger partial charge in [-0.3, -0.25) is 4.79 Å². The Kier molecular flexibility index (Phi) is 3.45. The molecule has 0 bridgehead atoms. The maximum atomic E-state index is 10.6. The van der Waals surface area contributed by atoms with Gasteiger partial charge in [-0.2, -0.15) is 0 Å². The first-order valence-corrected chi connectivity index (χ1v) is 4.29. The van der Waals surface area contributed by atoms with Crippen LogP contribution in [0.1, 0.15) is 0 Å². The molecule has 0 radical (unpaired) electrons. The number of hydrogen-bond acceptors (Lipinski definition) is 2. The molecule has 0 spiro atoms. The van der Waals surface area contributed by atoms with Crippen molar-refractivity contribution in [2.45, 2.75) is 0 Å². The van der Waals surface area contributed by atoms with E-state index < -0.39 is 5.24 Å². The molecule has 0 aliphatic carbocycles. The summed E-state index contributed by atoms with van der Waals surface area (Å²) >= 11 is 9.31. The highest BCUT2D eigenvalue weighted by Gasteiger charge is 2.04. The van der Waals surface area contributed by atoms with E-state index in [2.05, 4.69) is 17.9 Å². The maximum Gasteiger partial charge on any atom is 0.280 e. The molecule has 1 rings (SSSR count). The summed E-state index contributed by atoms with van der Waals surface area (Å²) in [5, 5.41) is 2.55. The van der Waals surface area contributed by atoms with Crippen LogP contribution in [0, 0.1) is 0 Å². The molecule has 0 saturated heterocycles. The number of halogens is 1. The summed E-state index contributed by atoms with van der Waals surface area (Å²) in [5.74, 6) is 0.548. The van der Waals surface area contributed by atoms with Crippen LogP contribution in [0.4, 0.5) is 10.5 Å². The summed E-state index contributed by atoms with van der Waals surface area (Å²) in [6.07, 6.45) is 0. The molecule has 0 aliphatic heterocycles. The predicted molar refractivity (Wildman–Crippen MR) is 56.0 cm³/mol. The van der Waals surface area contributed by atoms with Crippen molar-refractivity contribution in [3.8, 4) is 5.75 Å². The number of anilines is 1. The molecular formula is C8H8ClNO2S. The van der Waals surface area contributed by atoms with Gasteiger partial charge in [0.1, 0.15) is 5.75 Å². The van der Waals surface area contributed by atoms with Gasteiger partial charge in [-0.1, -0.05) is 24.2 Å². The summed E-state index contributed by atoms with van der Waals surface area (Å²) in [4.78, 5) is 10.6. The molecule has 70 valence electrons. The number of hydrogen-bond donors (Lipinski definition) is 2. The summed E-state index contributed by atoms with van der Waals surface area (Å²) in [7, 11) is 1.51. The van der Waals surface area contributed by atoms with Gasteiger partial charge in [0.25, 0.3) is 5.24 Å². The second-order valence-corrected chi connectivity index (χ2v) is 3.12. The fourth-order valence-corrected chi connectivity index (χ4v) is 1.19. The summed E-state index contributed by atoms with van der Waals surface area (Å²) in [5.41, 5.74) is 0.509. The monoisotopic (exact) mass is 217 g/mol. The van der Waals surface area contributed by atoms with E-state index in [1.165, 1.54) is 7.11 Å². The summed E-state index contributed by atoms with van der Waals surface area (Å²) in [6.45, 7) is 0. The zero-order valence-electron chi connectivity index (χ0n) is 6.87. The van der Waals surface area contributed by atoms with Crippen molar-refractivity contribution in [3.05, 3.63) is 23.2 Å². The van der Waals surface area contributed by atoms with Crippen LogP contribution in [0.5, 0.6) is 5.75 Å². The topological polar surface area (TPSA) is 38.3 Å². The van der Waals surface area contributed by atoms with Crippen molar-refractivity contribution < 1.29 is 9.53 Å². The number of ether oxygens (including phenoxy) is 1. The number of methoxy groups -OCH3 is 1. The zero-order valence-corrected chi connectivity index (χ0v) is 8.52. The van der Waals surface area contributed by atoms with Crippen molar-refractivity contribution in [2.75, 3.05) is 12.4 Å². The first kappa shape index (κ1) is 10.2. The maximum absolute atomic E-state index is 10.6. The normalized spacial score (nSPS) is 9.46. The highest BCUT2D eigenvalue weighted by atomic mass is 35.5. The highest BCUT2D eigenvalue weighted by molar-refractivity contribution is 7.96. The number of benzene rings is 1. The van der Waals surface area contributed by atoms with E-state index in [1.54, 1.807) is 18.2 Å². The number of carbonyl (C=O) groups is 1. The molecule has 1 aromatic rings. The molecule has 0 saturated carbocycles. The molecule has 1 amide bonds. The number of nitrogens with one attached hydrogen (secondary N) is 1. The van der Waals surface area contributed by atoms with Crippen molar-refractivity contribution in [1.82, 2.24) is 0 Å². The van der Waals surface area contributed by atoms with E-state index >= 15 is 0 Å². The lowest BCUT2D eigenvalue weighted by Gasteiger charge is -2.07. The average Bonchev–Trinajstić information content (AvgIpc) is 2.03. The number of carbonyl (C=O) groups excluding carboxylic acids is 1. The Bertz CT molecular complexity index is 330. The van der Waals surface area contributed by atoms with Gasteiger partial charge >= 0.3 is 0 Å². The third-order valence-corrected chi connectivity index (χ3v) is 1.75. The lowest BCUT2D eigenvalue weighted by Crippen LogP contribution is -2.02. The van der Waals surface area contributed by atoms with Crippen LogP contribution in [-0.2, 0) is 0 Å². The fourth-order valence-electron chi connectivity index (χ4n) is 0.893. The molecule has 0 aromatic heterocycles. The van der Waals surface area contributed by atoms with Gasteiger partial charge in [0, 0.05) is 5.02 Å². The van der Waals surface area contributed by atoms with Crippen LogP contribution in [0.15, 0.2) is 18.2 Å². The molecule has 1 aromatic carbocycles. The predicted octanol–water partition coefficient (Wildman–Crippen LogP) is 2.81. The van der Waals surface area contributed by atoms with Gasteiger partial charge < -0.3 is 10.1 Å². The van der Waals surface area contributed by atoms with Crippen molar-refractivity contribution in [3.63, 3.8) is 0 Å². The van der Waals surface area contributed by atoms with Gasteiger partial charge in [0.05, 0.1) is 12.8 Å². The van der Waals surface area contributed by atoms with Crippen LogP contribution in [0.3, 0.4) is 0 Å². The van der Waals surface area contributed by atoms with E-state index in [9.17, 15) is 4.79 Å². The van der Waals surface area contributed by atoms with E-state index in [-0.39, 0.29) is 0 Å². The molecule has 3 nitrogen and oxygen atoms in total. The summed E-state index contributed by atoms with van der Waals surface area (Å²) < 4.78 is 4.99. The third-order valence-electron chi connectivity index (χ3n) is 1.40. The Morgan fingerprint density at radius 1 is 1.62 bits per heavy atom. The Labute approximate surface area is 86.4 Å². The molecule has 5 heteroatoms. The molecule has 0 aliphatic rings. The molecule has 13 heavy (non-hydrogen) atoms. The van der Waals surface area contributed by atoms with Gasteiger partial charge in [-0.15, -0.1) is 0 Å². The minimum Gasteiger partial charge on any atom is -0.495 e. The van der Waals surface area contributed by atoms with E-state index in [0.29, 0.717) is 16.5 Å². The van der Waals surface area contributed by atoms with Crippen molar-refractivity contribution in [1.29, 1.82) is 0 Å². The van der Waals surface area contributed by atoms with E-state index in [4.69, 9.17) is 16.3 Å². The van der Waals surface area contributed by atoms with Crippen molar-refractivity contribution >= 4 is 35.2 Å². The fraction of sp³-hybridized carbons (Fsp3) is 0.125. The van der Waals surface area contributed by atoms with E-state index in [1.807, 2.05) is 0 Å². The van der Waals surface area contributed by atoms with Crippen LogP contribution in [-0.4, -0.2) is 12.3 Å². The second kappa shape index (κ2) is 4.39. The smallest absolute Gasteiger partial charge is 0.280 e. The van der Waals surface area contributed by atoms with Gasteiger partial charge in [0.2, 0.25) is 0 Å². The Morgan fingerprint density at radius 2 is 2.31 bits per heavy atom. The molecule has 0 heterocycles. The lowest BCUT2D eigenvalue weighted by atomic mass is 10.3. The van der Waals surface area contributed by atoms with Crippen LogP contribution in [0.2, 0.25) is 5.02 Å². The summed E-state index contributed by atoms with van der Waals surface area (Å²) in [6, 6.07) is 4.93. The molecule has 1 N–H and O–H groups in total. The molecule has 0 unspecified atom stereocenters. The Morgan fingerprint density at radius 3 is 2.85 bits per heavy atom. The minimum absolute atomic E-state index is 0.458. The van der Waals surface area contributed by atoms with Gasteiger partial charge in [-0.05, 0) is 18.2 Å². The average molecular weight is 218 g/mol. The quantitative estimate of drug-likeness (QED) is 0.748. The zero-order chi connectivity index (χ0) is 9.84. The lowest BCUT2D eigenvalue weighted by molar-refractivity contribution is 0.270. The number of amides is 1. The number of thiol groups is 1. The standard InChI is InChI=1S/C8H8ClNO2S/c1-12-7-3-2-5(9)4-6(7)10-8(11)13/h2-4H,1H3,(H2,10,11,13). The second-order valence-electron chi connectivity index (χ2n) is 2.27. The van der Waals surface area contributed by atoms with Crippen LogP contribution in [0.25, 0.3) is 0 Å².